The summed E-state index contributed by atoms with van der Waals surface area (Å²) in [5, 5.41) is 0. The summed E-state index contributed by atoms with van der Waals surface area (Å²) in [6, 6.07) is 11.8. The van der Waals surface area contributed by atoms with Crippen LogP contribution in [0.15, 0.2) is 53.4 Å². The molecule has 0 aliphatic rings. The van der Waals surface area contributed by atoms with Crippen molar-refractivity contribution in [3.05, 3.63) is 65.5 Å². The van der Waals surface area contributed by atoms with Crippen LogP contribution < -0.4 is 0 Å². The molecule has 2 rings (SSSR count). The summed E-state index contributed by atoms with van der Waals surface area (Å²) in [6.07, 6.45) is -1.02. The molecule has 0 saturated carbocycles. The molecular weight excluding hydrogens is 369 g/mol. The van der Waals surface area contributed by atoms with Gasteiger partial charge in [-0.2, -0.15) is 0 Å². The van der Waals surface area contributed by atoms with Gasteiger partial charge >= 0.3 is 5.97 Å². The van der Waals surface area contributed by atoms with Crippen LogP contribution in [0.4, 0.5) is 4.39 Å². The van der Waals surface area contributed by atoms with Gasteiger partial charge in [-0.1, -0.05) is 12.1 Å². The van der Waals surface area contributed by atoms with E-state index in [1.807, 2.05) is 0 Å². The van der Waals surface area contributed by atoms with E-state index in [2.05, 4.69) is 0 Å². The van der Waals surface area contributed by atoms with Gasteiger partial charge in [0, 0.05) is 24.6 Å². The highest BCUT2D eigenvalue weighted by Gasteiger charge is 2.22. The van der Waals surface area contributed by atoms with Crippen LogP contribution in [0.5, 0.6) is 0 Å². The standard InChI is InChI=1S/C20H20FNO4S/c1-13(19(24)14-8-10-15(21)11-9-14)26-20(25)16-6-4-5-7-17(16)27-12-18(23)22(2)3/h4-11,13H,12H2,1-3H3/t13-/m0/s1. The van der Waals surface area contributed by atoms with Gasteiger partial charge in [-0.25, -0.2) is 9.18 Å². The first-order valence-electron chi connectivity index (χ1n) is 8.22. The highest BCUT2D eigenvalue weighted by atomic mass is 32.2. The van der Waals surface area contributed by atoms with Gasteiger partial charge < -0.3 is 9.64 Å². The van der Waals surface area contributed by atoms with Crippen LogP contribution in [0.1, 0.15) is 27.6 Å². The zero-order valence-electron chi connectivity index (χ0n) is 15.3. The third-order valence-electron chi connectivity index (χ3n) is 3.74. The maximum absolute atomic E-state index is 13.0. The van der Waals surface area contributed by atoms with E-state index in [1.54, 1.807) is 38.4 Å². The van der Waals surface area contributed by atoms with Crippen LogP contribution in [0.2, 0.25) is 0 Å². The van der Waals surface area contributed by atoms with Crippen molar-refractivity contribution in [2.24, 2.45) is 0 Å². The molecule has 0 aliphatic heterocycles. The molecule has 2 aromatic carbocycles. The van der Waals surface area contributed by atoms with E-state index in [-0.39, 0.29) is 22.8 Å². The average Bonchev–Trinajstić information content (AvgIpc) is 2.66. The number of halogens is 1. The molecule has 0 bridgehead atoms. The van der Waals surface area contributed by atoms with Crippen molar-refractivity contribution in [2.75, 3.05) is 19.8 Å². The van der Waals surface area contributed by atoms with E-state index in [4.69, 9.17) is 4.74 Å². The second-order valence-corrected chi connectivity index (χ2v) is 7.01. The number of hydrogen-bond donors (Lipinski definition) is 0. The fraction of sp³-hybridized carbons (Fsp3) is 0.250. The van der Waals surface area contributed by atoms with Crippen LogP contribution in [0.3, 0.4) is 0 Å². The monoisotopic (exact) mass is 389 g/mol. The molecule has 7 heteroatoms. The molecular formula is C20H20FNO4S. The summed E-state index contributed by atoms with van der Waals surface area (Å²) in [5.41, 5.74) is 0.545. The molecule has 5 nitrogen and oxygen atoms in total. The number of benzene rings is 2. The number of thioether (sulfide) groups is 1. The average molecular weight is 389 g/mol. The minimum atomic E-state index is -1.02. The van der Waals surface area contributed by atoms with Gasteiger partial charge in [0.25, 0.3) is 0 Å². The number of rotatable bonds is 7. The van der Waals surface area contributed by atoms with E-state index in [0.29, 0.717) is 4.90 Å². The zero-order valence-corrected chi connectivity index (χ0v) is 16.1. The highest BCUT2D eigenvalue weighted by molar-refractivity contribution is 8.00. The molecule has 0 aromatic heterocycles. The molecule has 0 heterocycles. The molecule has 0 N–H and O–H groups in total. The van der Waals surface area contributed by atoms with Gasteiger partial charge in [0.05, 0.1) is 11.3 Å². The van der Waals surface area contributed by atoms with Gasteiger partial charge in [-0.3, -0.25) is 9.59 Å². The van der Waals surface area contributed by atoms with Gasteiger partial charge in [-0.15, -0.1) is 11.8 Å². The molecule has 0 spiro atoms. The Kier molecular flexibility index (Phi) is 7.12. The molecule has 0 fully saturated rings. The number of ether oxygens (including phenoxy) is 1. The number of ketones is 1. The molecule has 0 saturated heterocycles. The highest BCUT2D eigenvalue weighted by Crippen LogP contribution is 2.24. The van der Waals surface area contributed by atoms with Crippen molar-refractivity contribution < 1.29 is 23.5 Å². The van der Waals surface area contributed by atoms with Crippen molar-refractivity contribution >= 4 is 29.4 Å². The summed E-state index contributed by atoms with van der Waals surface area (Å²) in [5.74, 6) is -1.42. The first-order valence-corrected chi connectivity index (χ1v) is 9.21. The lowest BCUT2D eigenvalue weighted by atomic mass is 10.1. The summed E-state index contributed by atoms with van der Waals surface area (Å²) >= 11 is 1.23. The lowest BCUT2D eigenvalue weighted by Gasteiger charge is -2.15. The number of carbonyl (C=O) groups excluding carboxylic acids is 3. The van der Waals surface area contributed by atoms with Gasteiger partial charge in [0.2, 0.25) is 11.7 Å². The fourth-order valence-electron chi connectivity index (χ4n) is 2.16. The number of nitrogens with zero attached hydrogens (tertiary/aromatic N) is 1. The normalized spacial score (nSPS) is 11.6. The summed E-state index contributed by atoms with van der Waals surface area (Å²) in [4.78, 5) is 38.7. The first kappa shape index (κ1) is 20.6. The molecule has 0 aliphatic carbocycles. The van der Waals surface area contributed by atoms with Crippen molar-refractivity contribution in [1.29, 1.82) is 0 Å². The number of carbonyl (C=O) groups is 3. The Morgan fingerprint density at radius 2 is 1.70 bits per heavy atom. The largest absolute Gasteiger partial charge is 0.451 e. The Bertz CT molecular complexity index is 836. The molecule has 2 aromatic rings. The Hall–Kier alpha value is -2.67. The smallest absolute Gasteiger partial charge is 0.339 e. The summed E-state index contributed by atoms with van der Waals surface area (Å²) < 4.78 is 18.3. The van der Waals surface area contributed by atoms with Crippen molar-refractivity contribution in [1.82, 2.24) is 4.90 Å². The minimum absolute atomic E-state index is 0.0805. The molecule has 1 atom stereocenters. The van der Waals surface area contributed by atoms with Crippen LogP contribution in [0.25, 0.3) is 0 Å². The van der Waals surface area contributed by atoms with E-state index in [1.165, 1.54) is 47.9 Å². The zero-order chi connectivity index (χ0) is 20.0. The number of esters is 1. The van der Waals surface area contributed by atoms with Gasteiger partial charge in [-0.05, 0) is 43.3 Å². The molecule has 1 amide bonds. The van der Waals surface area contributed by atoms with E-state index < -0.39 is 23.7 Å². The predicted octanol–water partition coefficient (Wildman–Crippen LogP) is 3.43. The van der Waals surface area contributed by atoms with Crippen molar-refractivity contribution in [3.8, 4) is 0 Å². The number of Topliss-reactive ketones (excluding diaryl/α,β-unsaturated/α-hetero) is 1. The fourth-order valence-corrected chi connectivity index (χ4v) is 3.17. The number of amides is 1. The van der Waals surface area contributed by atoms with Gasteiger partial charge in [0.15, 0.2) is 6.10 Å². The Morgan fingerprint density at radius 1 is 1.07 bits per heavy atom. The van der Waals surface area contributed by atoms with Crippen LogP contribution >= 0.6 is 11.8 Å². The Labute approximate surface area is 161 Å². The minimum Gasteiger partial charge on any atom is -0.451 e. The van der Waals surface area contributed by atoms with Crippen molar-refractivity contribution in [2.45, 2.75) is 17.9 Å². The summed E-state index contributed by atoms with van der Waals surface area (Å²) in [7, 11) is 3.32. The van der Waals surface area contributed by atoms with E-state index in [9.17, 15) is 18.8 Å². The molecule has 27 heavy (non-hydrogen) atoms. The Balaban J connectivity index is 2.07. The predicted molar refractivity (Wildman–Crippen MR) is 101 cm³/mol. The van der Waals surface area contributed by atoms with Crippen LogP contribution in [-0.4, -0.2) is 48.5 Å². The van der Waals surface area contributed by atoms with E-state index >= 15 is 0 Å². The maximum Gasteiger partial charge on any atom is 0.339 e. The maximum atomic E-state index is 13.0. The third kappa shape index (κ3) is 5.65. The lowest BCUT2D eigenvalue weighted by molar-refractivity contribution is -0.125. The molecule has 142 valence electrons. The second-order valence-electron chi connectivity index (χ2n) is 5.99. The number of hydrogen-bond acceptors (Lipinski definition) is 5. The Morgan fingerprint density at radius 3 is 2.33 bits per heavy atom. The second kappa shape index (κ2) is 9.32. The quantitative estimate of drug-likeness (QED) is 0.412. The SMILES string of the molecule is C[C@H](OC(=O)c1ccccc1SCC(=O)N(C)C)C(=O)c1ccc(F)cc1. The third-order valence-corrected chi connectivity index (χ3v) is 4.80. The van der Waals surface area contributed by atoms with Crippen LogP contribution in [-0.2, 0) is 9.53 Å². The van der Waals surface area contributed by atoms with E-state index in [0.717, 1.165) is 0 Å². The first-order chi connectivity index (χ1) is 12.8. The molecule has 0 radical (unpaired) electrons. The van der Waals surface area contributed by atoms with Crippen molar-refractivity contribution in [3.63, 3.8) is 0 Å². The summed E-state index contributed by atoms with van der Waals surface area (Å²) in [6.45, 7) is 1.47. The lowest BCUT2D eigenvalue weighted by Crippen LogP contribution is -2.25. The molecule has 0 unspecified atom stereocenters. The van der Waals surface area contributed by atoms with Crippen LogP contribution in [0, 0.1) is 5.82 Å². The van der Waals surface area contributed by atoms with Gasteiger partial charge in [0.1, 0.15) is 5.82 Å². The topological polar surface area (TPSA) is 63.7 Å².